The molecule has 0 saturated carbocycles. The normalized spacial score (nSPS) is 24.9. The third kappa shape index (κ3) is 2.52. The molecular formula is C14H18O2. The minimum absolute atomic E-state index is 0.0187. The smallest absolute Gasteiger partial charge is 0.0883 e. The first kappa shape index (κ1) is 11.4. The second kappa shape index (κ2) is 4.40. The summed E-state index contributed by atoms with van der Waals surface area (Å²) in [5.41, 5.74) is 0.838. The summed E-state index contributed by atoms with van der Waals surface area (Å²) in [4.78, 5) is 0. The molecule has 0 spiro atoms. The average Bonchev–Trinajstić information content (AvgIpc) is 2.64. The van der Waals surface area contributed by atoms with Gasteiger partial charge >= 0.3 is 0 Å². The van der Waals surface area contributed by atoms with Crippen LogP contribution in [0.1, 0.15) is 25.8 Å². The first-order valence-electron chi connectivity index (χ1n) is 5.68. The molecule has 0 radical (unpaired) electrons. The van der Waals surface area contributed by atoms with Crippen molar-refractivity contribution in [3.8, 4) is 0 Å². The topological polar surface area (TPSA) is 29.5 Å². The van der Waals surface area contributed by atoms with E-state index in [0.29, 0.717) is 6.42 Å². The fourth-order valence-electron chi connectivity index (χ4n) is 2.02. The van der Waals surface area contributed by atoms with Crippen LogP contribution in [0, 0.1) is 0 Å². The lowest BCUT2D eigenvalue weighted by Crippen LogP contribution is -2.27. The van der Waals surface area contributed by atoms with E-state index in [1.165, 1.54) is 0 Å². The van der Waals surface area contributed by atoms with E-state index in [1.807, 2.05) is 24.3 Å². The van der Waals surface area contributed by atoms with E-state index in [9.17, 15) is 5.11 Å². The Balaban J connectivity index is 2.06. The maximum Gasteiger partial charge on any atom is 0.0883 e. The van der Waals surface area contributed by atoms with Gasteiger partial charge in [-0.2, -0.15) is 0 Å². The first-order chi connectivity index (χ1) is 7.58. The molecule has 1 aliphatic carbocycles. The Morgan fingerprint density at radius 3 is 2.44 bits per heavy atom. The van der Waals surface area contributed by atoms with Crippen molar-refractivity contribution in [2.24, 2.45) is 0 Å². The highest BCUT2D eigenvalue weighted by Crippen LogP contribution is 2.29. The zero-order chi connectivity index (χ0) is 11.6. The zero-order valence-corrected chi connectivity index (χ0v) is 9.76. The molecule has 0 amide bonds. The van der Waals surface area contributed by atoms with Gasteiger partial charge in [0.25, 0.3) is 0 Å². The van der Waals surface area contributed by atoms with Crippen LogP contribution >= 0.6 is 0 Å². The number of hydrogen-bond donors (Lipinski definition) is 1. The molecule has 1 N–H and O–H groups in total. The highest BCUT2D eigenvalue weighted by atomic mass is 16.5. The van der Waals surface area contributed by atoms with Crippen LogP contribution in [0.25, 0.3) is 0 Å². The van der Waals surface area contributed by atoms with Gasteiger partial charge in [-0.25, -0.2) is 0 Å². The van der Waals surface area contributed by atoms with Crippen molar-refractivity contribution in [3.63, 3.8) is 0 Å². The van der Waals surface area contributed by atoms with Crippen molar-refractivity contribution >= 4 is 0 Å². The van der Waals surface area contributed by atoms with Crippen LogP contribution in [0.15, 0.2) is 42.5 Å². The Labute approximate surface area is 96.6 Å². The number of benzene rings is 1. The fraction of sp³-hybridized carbons (Fsp3) is 0.429. The molecule has 0 saturated heterocycles. The quantitative estimate of drug-likeness (QED) is 0.790. The van der Waals surface area contributed by atoms with Crippen molar-refractivity contribution in [1.29, 1.82) is 0 Å². The first-order valence-corrected chi connectivity index (χ1v) is 5.68. The van der Waals surface area contributed by atoms with Crippen molar-refractivity contribution in [2.75, 3.05) is 0 Å². The monoisotopic (exact) mass is 218 g/mol. The van der Waals surface area contributed by atoms with E-state index in [4.69, 9.17) is 4.74 Å². The van der Waals surface area contributed by atoms with Crippen LogP contribution in [0.2, 0.25) is 0 Å². The molecule has 2 nitrogen and oxygen atoms in total. The minimum atomic E-state index is -0.350. The van der Waals surface area contributed by atoms with Gasteiger partial charge < -0.3 is 9.84 Å². The predicted octanol–water partition coefficient (Wildman–Crippen LogP) is 2.63. The molecule has 2 heteroatoms. The molecule has 0 bridgehead atoms. The Bertz CT molecular complexity index is 368. The third-order valence-corrected chi connectivity index (χ3v) is 2.94. The highest BCUT2D eigenvalue weighted by molar-refractivity contribution is 5.21. The molecule has 1 aromatic carbocycles. The summed E-state index contributed by atoms with van der Waals surface area (Å²) in [6.45, 7) is 4.11. The van der Waals surface area contributed by atoms with Crippen LogP contribution < -0.4 is 0 Å². The van der Waals surface area contributed by atoms with E-state index in [0.717, 1.165) is 5.56 Å². The van der Waals surface area contributed by atoms with Crippen LogP contribution in [0.4, 0.5) is 0 Å². The second-order valence-corrected chi connectivity index (χ2v) is 4.72. The Morgan fingerprint density at radius 1 is 1.19 bits per heavy atom. The van der Waals surface area contributed by atoms with Gasteiger partial charge in [-0.3, -0.25) is 0 Å². The molecule has 0 unspecified atom stereocenters. The summed E-state index contributed by atoms with van der Waals surface area (Å²) < 4.78 is 6.01. The number of ether oxygens (including phenoxy) is 1. The molecule has 0 aliphatic heterocycles. The summed E-state index contributed by atoms with van der Waals surface area (Å²) in [5, 5.41) is 9.40. The third-order valence-electron chi connectivity index (χ3n) is 2.94. The second-order valence-electron chi connectivity index (χ2n) is 4.72. The Morgan fingerprint density at radius 2 is 1.88 bits per heavy atom. The van der Waals surface area contributed by atoms with E-state index < -0.39 is 0 Å². The molecule has 16 heavy (non-hydrogen) atoms. The Kier molecular flexibility index (Phi) is 3.13. The molecule has 2 atom stereocenters. The molecule has 0 heterocycles. The van der Waals surface area contributed by atoms with Gasteiger partial charge in [-0.1, -0.05) is 42.5 Å². The van der Waals surface area contributed by atoms with Crippen molar-refractivity contribution in [1.82, 2.24) is 0 Å². The lowest BCUT2D eigenvalue weighted by molar-refractivity contribution is -0.0616. The summed E-state index contributed by atoms with van der Waals surface area (Å²) in [6.07, 6.45) is 4.07. The molecule has 1 aliphatic rings. The molecule has 1 aromatic rings. The van der Waals surface area contributed by atoms with Gasteiger partial charge in [0.1, 0.15) is 0 Å². The predicted molar refractivity (Wildman–Crippen MR) is 64.1 cm³/mol. The summed E-state index contributed by atoms with van der Waals surface area (Å²) in [7, 11) is 0. The van der Waals surface area contributed by atoms with Gasteiger partial charge in [-0.15, -0.1) is 0 Å². The lowest BCUT2D eigenvalue weighted by Gasteiger charge is -2.29. The summed E-state index contributed by atoms with van der Waals surface area (Å²) in [6, 6.07) is 10.2. The van der Waals surface area contributed by atoms with Gasteiger partial charge in [0.15, 0.2) is 0 Å². The molecule has 0 fully saturated rings. The molecule has 0 aromatic heterocycles. The molecule has 2 rings (SSSR count). The Hall–Kier alpha value is -1.12. The number of aliphatic hydroxyl groups excluding tert-OH is 1. The maximum absolute atomic E-state index is 9.40. The maximum atomic E-state index is 9.40. The van der Waals surface area contributed by atoms with Crippen molar-refractivity contribution in [2.45, 2.75) is 38.1 Å². The van der Waals surface area contributed by atoms with E-state index in [-0.39, 0.29) is 17.8 Å². The van der Waals surface area contributed by atoms with Gasteiger partial charge in [0, 0.05) is 6.42 Å². The standard InChI is InChI=1S/C14H18O2/c1-14(2,11-6-4-3-5-7-11)16-13-9-8-12(15)10-13/h3-9,12-13,15H,10H2,1-2H3/t12-,13-/m1/s1. The van der Waals surface area contributed by atoms with Gasteiger partial charge in [0.2, 0.25) is 0 Å². The molecule has 86 valence electrons. The number of aliphatic hydroxyl groups is 1. The SMILES string of the molecule is CC(C)(O[C@@H]1C=C[C@@H](O)C1)c1ccccc1. The van der Waals surface area contributed by atoms with E-state index >= 15 is 0 Å². The zero-order valence-electron chi connectivity index (χ0n) is 9.76. The fourth-order valence-corrected chi connectivity index (χ4v) is 2.02. The largest absolute Gasteiger partial charge is 0.389 e. The van der Waals surface area contributed by atoms with Crippen LogP contribution in [0.5, 0.6) is 0 Å². The summed E-state index contributed by atoms with van der Waals surface area (Å²) >= 11 is 0. The number of hydrogen-bond acceptors (Lipinski definition) is 2. The molecular weight excluding hydrogens is 200 g/mol. The van der Waals surface area contributed by atoms with E-state index in [2.05, 4.69) is 26.0 Å². The highest BCUT2D eigenvalue weighted by Gasteiger charge is 2.27. The number of rotatable bonds is 3. The van der Waals surface area contributed by atoms with Crippen molar-refractivity contribution < 1.29 is 9.84 Å². The van der Waals surface area contributed by atoms with Crippen LogP contribution in [-0.4, -0.2) is 17.3 Å². The minimum Gasteiger partial charge on any atom is -0.389 e. The lowest BCUT2D eigenvalue weighted by atomic mass is 9.98. The van der Waals surface area contributed by atoms with Crippen LogP contribution in [0.3, 0.4) is 0 Å². The van der Waals surface area contributed by atoms with Gasteiger partial charge in [-0.05, 0) is 19.4 Å². The van der Waals surface area contributed by atoms with E-state index in [1.54, 1.807) is 6.08 Å². The van der Waals surface area contributed by atoms with Gasteiger partial charge in [0.05, 0.1) is 17.8 Å². The van der Waals surface area contributed by atoms with Crippen LogP contribution in [-0.2, 0) is 10.3 Å². The average molecular weight is 218 g/mol. The summed E-state index contributed by atoms with van der Waals surface area (Å²) in [5.74, 6) is 0. The van der Waals surface area contributed by atoms with Crippen molar-refractivity contribution in [3.05, 3.63) is 48.0 Å².